The van der Waals surface area contributed by atoms with Crippen molar-refractivity contribution in [3.05, 3.63) is 54.4 Å². The lowest BCUT2D eigenvalue weighted by molar-refractivity contribution is 0.297. The molecule has 0 spiro atoms. The summed E-state index contributed by atoms with van der Waals surface area (Å²) in [4.78, 5) is 7.49. The second kappa shape index (κ2) is 4.41. The average Bonchev–Trinajstić information content (AvgIpc) is 2.79. The van der Waals surface area contributed by atoms with Gasteiger partial charge in [-0.15, -0.1) is 0 Å². The van der Waals surface area contributed by atoms with Gasteiger partial charge in [0, 0.05) is 6.07 Å². The lowest BCUT2D eigenvalue weighted by Gasteiger charge is -2.02. The number of fused-ring (bicyclic) bond motifs is 1. The lowest BCUT2D eigenvalue weighted by atomic mass is 10.3. The molecule has 90 valence electrons. The van der Waals surface area contributed by atoms with Crippen LogP contribution < -0.4 is 4.74 Å². The maximum atomic E-state index is 9.37. The van der Waals surface area contributed by atoms with Crippen LogP contribution in [0.2, 0.25) is 0 Å². The number of benzene rings is 2. The first kappa shape index (κ1) is 10.7. The number of rotatable bonds is 3. The zero-order chi connectivity index (χ0) is 12.4. The van der Waals surface area contributed by atoms with Crippen LogP contribution in [-0.4, -0.2) is 15.1 Å². The number of aromatic amines is 1. The van der Waals surface area contributed by atoms with E-state index in [4.69, 9.17) is 4.74 Å². The Bertz CT molecular complexity index is 662. The Balaban J connectivity index is 1.79. The quantitative estimate of drug-likeness (QED) is 0.740. The molecule has 3 aromatic rings. The van der Waals surface area contributed by atoms with Gasteiger partial charge in [0.15, 0.2) is 0 Å². The minimum atomic E-state index is 0.224. The molecule has 0 amide bonds. The zero-order valence-corrected chi connectivity index (χ0v) is 9.63. The molecule has 4 heteroatoms. The van der Waals surface area contributed by atoms with Crippen molar-refractivity contribution in [1.29, 1.82) is 0 Å². The van der Waals surface area contributed by atoms with E-state index < -0.39 is 0 Å². The van der Waals surface area contributed by atoms with Crippen molar-refractivity contribution < 1.29 is 9.84 Å². The minimum absolute atomic E-state index is 0.224. The van der Waals surface area contributed by atoms with Gasteiger partial charge in [-0.3, -0.25) is 0 Å². The van der Waals surface area contributed by atoms with Crippen molar-refractivity contribution in [3.8, 4) is 11.5 Å². The maximum absolute atomic E-state index is 9.37. The number of H-pyrrole nitrogens is 1. The van der Waals surface area contributed by atoms with Crippen molar-refractivity contribution >= 4 is 11.0 Å². The molecule has 0 atom stereocenters. The van der Waals surface area contributed by atoms with E-state index in [2.05, 4.69) is 9.97 Å². The van der Waals surface area contributed by atoms with E-state index in [0.29, 0.717) is 6.61 Å². The molecule has 0 bridgehead atoms. The number of hydrogen-bond acceptors (Lipinski definition) is 3. The predicted octanol–water partition coefficient (Wildman–Crippen LogP) is 2.85. The molecule has 0 aliphatic carbocycles. The van der Waals surface area contributed by atoms with Crippen LogP contribution in [0.4, 0.5) is 0 Å². The number of aromatic hydroxyl groups is 1. The Labute approximate surface area is 104 Å². The van der Waals surface area contributed by atoms with Crippen molar-refractivity contribution in [3.63, 3.8) is 0 Å². The average molecular weight is 240 g/mol. The molecule has 0 aliphatic heterocycles. The standard InChI is InChI=1S/C14H12N2O2/c17-10-6-7-12-13(8-10)16-14(15-12)9-18-11-4-2-1-3-5-11/h1-8,17H,9H2,(H,15,16). The summed E-state index contributed by atoms with van der Waals surface area (Å²) in [5, 5.41) is 9.37. The summed E-state index contributed by atoms with van der Waals surface area (Å²) >= 11 is 0. The van der Waals surface area contributed by atoms with Gasteiger partial charge in [-0.05, 0) is 24.3 Å². The number of aromatic nitrogens is 2. The molecular weight excluding hydrogens is 228 g/mol. The number of ether oxygens (including phenoxy) is 1. The number of para-hydroxylation sites is 1. The molecule has 0 saturated carbocycles. The molecule has 0 radical (unpaired) electrons. The monoisotopic (exact) mass is 240 g/mol. The summed E-state index contributed by atoms with van der Waals surface area (Å²) in [6, 6.07) is 14.6. The van der Waals surface area contributed by atoms with Gasteiger partial charge in [0.05, 0.1) is 11.0 Å². The van der Waals surface area contributed by atoms with Crippen LogP contribution in [0.25, 0.3) is 11.0 Å². The van der Waals surface area contributed by atoms with Crippen molar-refractivity contribution in [2.75, 3.05) is 0 Å². The number of nitrogens with one attached hydrogen (secondary N) is 1. The van der Waals surface area contributed by atoms with Crippen molar-refractivity contribution in [2.45, 2.75) is 6.61 Å². The maximum Gasteiger partial charge on any atom is 0.146 e. The van der Waals surface area contributed by atoms with Crippen LogP contribution in [0, 0.1) is 0 Å². The fourth-order valence-corrected chi connectivity index (χ4v) is 1.79. The summed E-state index contributed by atoms with van der Waals surface area (Å²) < 4.78 is 5.60. The molecule has 2 aromatic carbocycles. The molecule has 4 nitrogen and oxygen atoms in total. The fraction of sp³-hybridized carbons (Fsp3) is 0.0714. The number of phenolic OH excluding ortho intramolecular Hbond substituents is 1. The Kier molecular flexibility index (Phi) is 2.61. The zero-order valence-electron chi connectivity index (χ0n) is 9.63. The van der Waals surface area contributed by atoms with Crippen molar-refractivity contribution in [2.24, 2.45) is 0 Å². The van der Waals surface area contributed by atoms with E-state index in [-0.39, 0.29) is 5.75 Å². The Morgan fingerprint density at radius 3 is 2.78 bits per heavy atom. The first-order chi connectivity index (χ1) is 8.81. The molecule has 18 heavy (non-hydrogen) atoms. The third kappa shape index (κ3) is 2.13. The van der Waals surface area contributed by atoms with E-state index in [1.807, 2.05) is 30.3 Å². The van der Waals surface area contributed by atoms with Crippen LogP contribution in [0.1, 0.15) is 5.82 Å². The van der Waals surface area contributed by atoms with Gasteiger partial charge in [-0.1, -0.05) is 18.2 Å². The third-order valence-corrected chi connectivity index (χ3v) is 2.63. The number of nitrogens with zero attached hydrogens (tertiary/aromatic N) is 1. The summed E-state index contributed by atoms with van der Waals surface area (Å²) in [6.07, 6.45) is 0. The second-order valence-electron chi connectivity index (χ2n) is 3.99. The van der Waals surface area contributed by atoms with Gasteiger partial charge in [-0.25, -0.2) is 4.98 Å². The van der Waals surface area contributed by atoms with E-state index >= 15 is 0 Å². The highest BCUT2D eigenvalue weighted by Gasteiger charge is 2.04. The van der Waals surface area contributed by atoms with Gasteiger partial charge in [0.25, 0.3) is 0 Å². The van der Waals surface area contributed by atoms with E-state index in [9.17, 15) is 5.11 Å². The SMILES string of the molecule is Oc1ccc2nc(COc3ccccc3)[nH]c2c1. The van der Waals surface area contributed by atoms with Crippen molar-refractivity contribution in [1.82, 2.24) is 9.97 Å². The second-order valence-corrected chi connectivity index (χ2v) is 3.99. The van der Waals surface area contributed by atoms with Gasteiger partial charge in [-0.2, -0.15) is 0 Å². The van der Waals surface area contributed by atoms with Crippen LogP contribution in [0.5, 0.6) is 11.5 Å². The summed E-state index contributed by atoms with van der Waals surface area (Å²) in [5.41, 5.74) is 1.63. The third-order valence-electron chi connectivity index (χ3n) is 2.63. The van der Waals surface area contributed by atoms with Crippen LogP contribution >= 0.6 is 0 Å². The molecule has 0 unspecified atom stereocenters. The fourth-order valence-electron chi connectivity index (χ4n) is 1.79. The van der Waals surface area contributed by atoms with E-state index in [1.165, 1.54) is 0 Å². The molecule has 0 aliphatic rings. The van der Waals surface area contributed by atoms with Crippen LogP contribution in [0.3, 0.4) is 0 Å². The molecule has 1 aromatic heterocycles. The highest BCUT2D eigenvalue weighted by atomic mass is 16.5. The number of hydrogen-bond donors (Lipinski definition) is 2. The van der Waals surface area contributed by atoms with Gasteiger partial charge in [0.1, 0.15) is 23.9 Å². The Hall–Kier alpha value is -2.49. The number of phenols is 1. The summed E-state index contributed by atoms with van der Waals surface area (Å²) in [7, 11) is 0. The Morgan fingerprint density at radius 1 is 1.11 bits per heavy atom. The highest BCUT2D eigenvalue weighted by molar-refractivity contribution is 5.76. The summed E-state index contributed by atoms with van der Waals surface area (Å²) in [6.45, 7) is 0.374. The molecule has 0 saturated heterocycles. The van der Waals surface area contributed by atoms with E-state index in [0.717, 1.165) is 22.6 Å². The van der Waals surface area contributed by atoms with Gasteiger partial charge in [0.2, 0.25) is 0 Å². The normalized spacial score (nSPS) is 10.7. The molecule has 3 rings (SSSR count). The largest absolute Gasteiger partial charge is 0.508 e. The smallest absolute Gasteiger partial charge is 0.146 e. The lowest BCUT2D eigenvalue weighted by Crippen LogP contribution is -1.96. The first-order valence-electron chi connectivity index (χ1n) is 5.67. The van der Waals surface area contributed by atoms with Gasteiger partial charge < -0.3 is 14.8 Å². The number of imidazole rings is 1. The Morgan fingerprint density at radius 2 is 1.94 bits per heavy atom. The van der Waals surface area contributed by atoms with E-state index in [1.54, 1.807) is 18.2 Å². The van der Waals surface area contributed by atoms with Crippen LogP contribution in [-0.2, 0) is 6.61 Å². The first-order valence-corrected chi connectivity index (χ1v) is 5.67. The molecule has 2 N–H and O–H groups in total. The van der Waals surface area contributed by atoms with Crippen LogP contribution in [0.15, 0.2) is 48.5 Å². The topological polar surface area (TPSA) is 58.1 Å². The molecule has 0 fully saturated rings. The molecule has 1 heterocycles. The van der Waals surface area contributed by atoms with Gasteiger partial charge >= 0.3 is 0 Å². The predicted molar refractivity (Wildman–Crippen MR) is 68.5 cm³/mol. The minimum Gasteiger partial charge on any atom is -0.508 e. The molecular formula is C14H12N2O2. The summed E-state index contributed by atoms with van der Waals surface area (Å²) in [5.74, 6) is 1.77. The highest BCUT2D eigenvalue weighted by Crippen LogP contribution is 2.18.